The van der Waals surface area contributed by atoms with Gasteiger partial charge in [0.1, 0.15) is 17.9 Å². The smallest absolute Gasteiger partial charge is 0.252 e. The molecule has 13 nitrogen and oxygen atoms in total. The number of carbonyl (C=O) groups is 2. The van der Waals surface area contributed by atoms with Gasteiger partial charge in [0.05, 0.1) is 31.7 Å². The molecule has 1 aromatic carbocycles. The van der Waals surface area contributed by atoms with Crippen LogP contribution in [0.1, 0.15) is 23.2 Å². The number of amides is 2. The van der Waals surface area contributed by atoms with Crippen LogP contribution in [-0.2, 0) is 4.79 Å². The van der Waals surface area contributed by atoms with Gasteiger partial charge in [0.2, 0.25) is 11.9 Å². The van der Waals surface area contributed by atoms with E-state index in [9.17, 15) is 9.59 Å². The number of anilines is 3. The largest absolute Gasteiger partial charge is 0.493 e. The highest BCUT2D eigenvalue weighted by Gasteiger charge is 2.32. The molecule has 1 atom stereocenters. The summed E-state index contributed by atoms with van der Waals surface area (Å²) in [6.07, 6.45) is 6.59. The molecule has 13 heteroatoms. The molecule has 5 rings (SSSR count). The lowest BCUT2D eigenvalue weighted by Crippen LogP contribution is -2.41. The average Bonchev–Trinajstić information content (AvgIpc) is 3.63. The van der Waals surface area contributed by atoms with Crippen LogP contribution in [0.5, 0.6) is 11.5 Å². The van der Waals surface area contributed by atoms with Gasteiger partial charge in [-0.25, -0.2) is 9.50 Å². The Bertz CT molecular complexity index is 1460. The lowest BCUT2D eigenvalue weighted by Gasteiger charge is -2.24. The van der Waals surface area contributed by atoms with Crippen LogP contribution in [0, 0.1) is 0 Å². The van der Waals surface area contributed by atoms with E-state index < -0.39 is 11.9 Å². The maximum absolute atomic E-state index is 12.0. The number of primary amides is 2. The molecular formula is C23H25N9O4. The number of aromatic nitrogens is 5. The summed E-state index contributed by atoms with van der Waals surface area (Å²) in [6, 6.07) is 6.61. The van der Waals surface area contributed by atoms with Crippen LogP contribution < -0.4 is 31.2 Å². The minimum atomic E-state index is -0.650. The molecule has 1 aliphatic heterocycles. The maximum atomic E-state index is 12.0. The molecule has 0 saturated carbocycles. The number of fused-ring (bicyclic) bond motifs is 1. The quantitative estimate of drug-likeness (QED) is 0.328. The number of imidazole rings is 1. The zero-order valence-corrected chi connectivity index (χ0v) is 19.7. The Labute approximate surface area is 205 Å². The predicted molar refractivity (Wildman–Crippen MR) is 131 cm³/mol. The van der Waals surface area contributed by atoms with Gasteiger partial charge in [-0.15, -0.1) is 5.10 Å². The van der Waals surface area contributed by atoms with E-state index in [0.717, 1.165) is 11.9 Å². The van der Waals surface area contributed by atoms with Crippen molar-refractivity contribution in [3.63, 3.8) is 0 Å². The summed E-state index contributed by atoms with van der Waals surface area (Å²) >= 11 is 0. The van der Waals surface area contributed by atoms with E-state index in [-0.39, 0.29) is 17.2 Å². The van der Waals surface area contributed by atoms with Gasteiger partial charge < -0.3 is 35.7 Å². The van der Waals surface area contributed by atoms with Crippen LogP contribution in [0.15, 0.2) is 43.0 Å². The van der Waals surface area contributed by atoms with E-state index in [1.807, 2.05) is 17.0 Å². The Hall–Kier alpha value is -4.81. The Kier molecular flexibility index (Phi) is 5.80. The number of nitrogens with one attached hydrogen (secondary N) is 1. The molecule has 4 aromatic rings. The molecule has 3 aromatic heterocycles. The fourth-order valence-corrected chi connectivity index (χ4v) is 4.42. The summed E-state index contributed by atoms with van der Waals surface area (Å²) in [7, 11) is 2.91. The normalized spacial score (nSPS) is 15.3. The van der Waals surface area contributed by atoms with Crippen LogP contribution >= 0.6 is 0 Å². The first-order valence-corrected chi connectivity index (χ1v) is 11.2. The van der Waals surface area contributed by atoms with Crippen molar-refractivity contribution in [3.05, 3.63) is 48.5 Å². The molecule has 1 aliphatic rings. The van der Waals surface area contributed by atoms with Crippen LogP contribution in [0.25, 0.3) is 11.2 Å². The first-order chi connectivity index (χ1) is 17.4. The Morgan fingerprint density at radius 1 is 1.19 bits per heavy atom. The highest BCUT2D eigenvalue weighted by molar-refractivity contribution is 5.97. The van der Waals surface area contributed by atoms with Crippen LogP contribution in [0.3, 0.4) is 0 Å². The SMILES string of the molecule is COc1cc(-n2cnc(Nc3nc(N4CCC[C@H]4C(N)=O)c4cccn4n3)c2)cc(C(N)=O)c1OC. The first-order valence-electron chi connectivity index (χ1n) is 11.2. The highest BCUT2D eigenvalue weighted by Crippen LogP contribution is 2.34. The van der Waals surface area contributed by atoms with Crippen molar-refractivity contribution >= 4 is 34.9 Å². The van der Waals surface area contributed by atoms with Gasteiger partial charge in [-0.1, -0.05) is 0 Å². The van der Waals surface area contributed by atoms with Gasteiger partial charge in [-0.05, 0) is 31.0 Å². The van der Waals surface area contributed by atoms with Crippen LogP contribution in [-0.4, -0.2) is 62.8 Å². The molecule has 1 saturated heterocycles. The number of rotatable bonds is 8. The van der Waals surface area contributed by atoms with Gasteiger partial charge in [-0.2, -0.15) is 4.98 Å². The number of carbonyl (C=O) groups excluding carboxylic acids is 2. The molecule has 0 aliphatic carbocycles. The molecule has 4 heterocycles. The second-order valence-electron chi connectivity index (χ2n) is 8.24. The van der Waals surface area contributed by atoms with Gasteiger partial charge in [0, 0.05) is 18.8 Å². The van der Waals surface area contributed by atoms with Crippen molar-refractivity contribution in [2.24, 2.45) is 11.5 Å². The van der Waals surface area contributed by atoms with Gasteiger partial charge in [0.25, 0.3) is 5.91 Å². The fraction of sp³-hybridized carbons (Fsp3) is 0.261. The second-order valence-corrected chi connectivity index (χ2v) is 8.24. The Balaban J connectivity index is 1.48. The average molecular weight is 492 g/mol. The number of hydrogen-bond acceptors (Lipinski definition) is 9. The minimum absolute atomic E-state index is 0.177. The van der Waals surface area contributed by atoms with E-state index in [1.165, 1.54) is 14.2 Å². The standard InChI is InChI=1S/C23H25N9O4/c1-35-17-10-13(9-14(20(24)33)19(17)36-2)30-11-18(26-12-30)27-23-28-22(16-6-4-8-32(16)29-23)31-7-3-5-15(31)21(25)34/h4,6,8-12,15H,3,5,7H2,1-2H3,(H2,24,33)(H2,25,34)(H,27,29)/t15-/m0/s1. The Morgan fingerprint density at radius 2 is 2.03 bits per heavy atom. The van der Waals surface area contributed by atoms with Crippen molar-refractivity contribution in [2.45, 2.75) is 18.9 Å². The van der Waals surface area contributed by atoms with E-state index in [2.05, 4.69) is 20.4 Å². The number of ether oxygens (including phenoxy) is 2. The number of methoxy groups -OCH3 is 2. The summed E-state index contributed by atoms with van der Waals surface area (Å²) in [6.45, 7) is 0.668. The van der Waals surface area contributed by atoms with E-state index in [0.29, 0.717) is 42.0 Å². The summed E-state index contributed by atoms with van der Waals surface area (Å²) in [4.78, 5) is 34.9. The molecule has 0 bridgehead atoms. The summed E-state index contributed by atoms with van der Waals surface area (Å²) in [5.74, 6) is 0.938. The molecule has 1 fully saturated rings. The third-order valence-electron chi connectivity index (χ3n) is 6.07. The molecule has 0 unspecified atom stereocenters. The molecule has 36 heavy (non-hydrogen) atoms. The van der Waals surface area contributed by atoms with E-state index in [1.54, 1.807) is 39.9 Å². The zero-order valence-electron chi connectivity index (χ0n) is 19.7. The van der Waals surface area contributed by atoms with Crippen molar-refractivity contribution < 1.29 is 19.1 Å². The fourth-order valence-electron chi connectivity index (χ4n) is 4.42. The van der Waals surface area contributed by atoms with E-state index in [4.69, 9.17) is 20.9 Å². The van der Waals surface area contributed by atoms with Crippen molar-refractivity contribution in [1.82, 2.24) is 24.1 Å². The first kappa shape index (κ1) is 23.0. The van der Waals surface area contributed by atoms with Gasteiger partial charge in [-0.3, -0.25) is 9.59 Å². The third-order valence-corrected chi connectivity index (χ3v) is 6.07. The lowest BCUT2D eigenvalue weighted by atomic mass is 10.1. The number of benzene rings is 1. The van der Waals surface area contributed by atoms with E-state index >= 15 is 0 Å². The summed E-state index contributed by atoms with van der Waals surface area (Å²) in [5.41, 5.74) is 12.7. The van der Waals surface area contributed by atoms with Crippen LogP contribution in [0.2, 0.25) is 0 Å². The maximum Gasteiger partial charge on any atom is 0.252 e. The number of nitrogens with zero attached hydrogens (tertiary/aromatic N) is 6. The predicted octanol–water partition coefficient (Wildman–Crippen LogP) is 1.23. The molecule has 2 amide bonds. The van der Waals surface area contributed by atoms with Crippen molar-refractivity contribution in [2.75, 3.05) is 31.0 Å². The minimum Gasteiger partial charge on any atom is -0.493 e. The topological polar surface area (TPSA) is 168 Å². The molecule has 0 spiro atoms. The van der Waals surface area contributed by atoms with Gasteiger partial charge in [0.15, 0.2) is 23.1 Å². The second kappa shape index (κ2) is 9.09. The summed E-state index contributed by atoms with van der Waals surface area (Å²) in [5, 5.41) is 7.61. The van der Waals surface area contributed by atoms with Crippen molar-refractivity contribution in [1.29, 1.82) is 0 Å². The van der Waals surface area contributed by atoms with Gasteiger partial charge >= 0.3 is 0 Å². The third kappa shape index (κ3) is 4.00. The van der Waals surface area contributed by atoms with Crippen LogP contribution in [0.4, 0.5) is 17.6 Å². The molecule has 186 valence electrons. The molecular weight excluding hydrogens is 466 g/mol. The highest BCUT2D eigenvalue weighted by atomic mass is 16.5. The van der Waals surface area contributed by atoms with Crippen molar-refractivity contribution in [3.8, 4) is 17.2 Å². The number of hydrogen-bond donors (Lipinski definition) is 3. The molecule has 0 radical (unpaired) electrons. The number of nitrogens with two attached hydrogens (primary N) is 2. The zero-order chi connectivity index (χ0) is 25.4. The summed E-state index contributed by atoms with van der Waals surface area (Å²) < 4.78 is 14.0. The molecule has 5 N–H and O–H groups in total. The lowest BCUT2D eigenvalue weighted by molar-refractivity contribution is -0.119. The Morgan fingerprint density at radius 3 is 2.75 bits per heavy atom. The monoisotopic (exact) mass is 491 g/mol.